The van der Waals surface area contributed by atoms with Crippen LogP contribution in [0.25, 0.3) is 6.08 Å². The van der Waals surface area contributed by atoms with Gasteiger partial charge in [0.2, 0.25) is 5.91 Å². The van der Waals surface area contributed by atoms with Crippen LogP contribution in [0.1, 0.15) is 22.3 Å². The number of halogens is 2. The van der Waals surface area contributed by atoms with E-state index >= 15 is 0 Å². The Morgan fingerprint density at radius 2 is 1.38 bits per heavy atom. The van der Waals surface area contributed by atoms with E-state index in [-0.39, 0.29) is 43.0 Å². The maximum absolute atomic E-state index is 13.4. The molecule has 0 unspecified atom stereocenters. The molecule has 4 aromatic rings. The van der Waals surface area contributed by atoms with Gasteiger partial charge in [-0.1, -0.05) is 66.7 Å². The van der Waals surface area contributed by atoms with Gasteiger partial charge < -0.3 is 10.2 Å². The highest BCUT2D eigenvalue weighted by atomic mass is 19.1. The summed E-state index contributed by atoms with van der Waals surface area (Å²) < 4.78 is 26.5. The Kier molecular flexibility index (Phi) is 8.55. The number of hydrogen-bond donors (Lipinski definition) is 1. The van der Waals surface area contributed by atoms with Crippen LogP contribution < -0.4 is 10.2 Å². The lowest BCUT2D eigenvalue weighted by molar-refractivity contribution is -0.120. The summed E-state index contributed by atoms with van der Waals surface area (Å²) in [4.78, 5) is 27.4. The van der Waals surface area contributed by atoms with Crippen LogP contribution in [0, 0.1) is 11.6 Å². The maximum Gasteiger partial charge on any atom is 0.251 e. The normalized spacial score (nSPS) is 10.9. The van der Waals surface area contributed by atoms with Crippen LogP contribution >= 0.6 is 0 Å². The summed E-state index contributed by atoms with van der Waals surface area (Å²) in [5.74, 6) is -1.11. The van der Waals surface area contributed by atoms with Crippen LogP contribution in [0.2, 0.25) is 0 Å². The molecule has 0 aliphatic carbocycles. The third kappa shape index (κ3) is 7.70. The molecular weight excluding hydrogens is 470 g/mol. The van der Waals surface area contributed by atoms with Crippen molar-refractivity contribution in [2.24, 2.45) is 0 Å². The van der Waals surface area contributed by atoms with Gasteiger partial charge in [0, 0.05) is 18.3 Å². The molecule has 6 heteroatoms. The van der Waals surface area contributed by atoms with Crippen LogP contribution in [0.4, 0.5) is 14.5 Å². The van der Waals surface area contributed by atoms with Gasteiger partial charge in [0.15, 0.2) is 0 Å². The summed E-state index contributed by atoms with van der Waals surface area (Å²) in [6.45, 7) is 0.525. The zero-order chi connectivity index (χ0) is 26.0. The van der Waals surface area contributed by atoms with E-state index in [1.54, 1.807) is 53.4 Å². The topological polar surface area (TPSA) is 49.4 Å². The minimum atomic E-state index is -0.348. The largest absolute Gasteiger partial charge is 0.352 e. The van der Waals surface area contributed by atoms with E-state index in [0.717, 1.165) is 22.3 Å². The van der Waals surface area contributed by atoms with Crippen molar-refractivity contribution in [2.45, 2.75) is 19.5 Å². The molecule has 0 atom stereocenters. The highest BCUT2D eigenvalue weighted by molar-refractivity contribution is 6.03. The second kappa shape index (κ2) is 12.4. The minimum absolute atomic E-state index is 0.119. The number of anilines is 1. The smallest absolute Gasteiger partial charge is 0.251 e. The van der Waals surface area contributed by atoms with Crippen LogP contribution in [0.5, 0.6) is 0 Å². The Hall–Kier alpha value is -4.58. The van der Waals surface area contributed by atoms with Crippen molar-refractivity contribution in [3.05, 3.63) is 143 Å². The van der Waals surface area contributed by atoms with Crippen molar-refractivity contribution >= 4 is 23.6 Å². The quantitative estimate of drug-likeness (QED) is 0.286. The average molecular weight is 497 g/mol. The van der Waals surface area contributed by atoms with E-state index in [0.29, 0.717) is 5.69 Å². The summed E-state index contributed by atoms with van der Waals surface area (Å²) in [6.07, 6.45) is 3.36. The maximum atomic E-state index is 13.4. The molecule has 0 fully saturated rings. The Bertz CT molecular complexity index is 1370. The fraction of sp³-hybridized carbons (Fsp3) is 0.0968. The number of hydrogen-bond acceptors (Lipinski definition) is 2. The number of nitrogens with one attached hydrogen (secondary N) is 1. The standard InChI is InChI=1S/C31H26F2N2O2/c32-27-14-9-24(10-15-27)21-34-30(36)20-26-7-4-8-29(19-26)35(22-25-11-16-28(33)17-12-25)31(37)18-13-23-5-2-1-3-6-23/h1-19H,20-22H2,(H,34,36)/b18-13+. The first-order valence-corrected chi connectivity index (χ1v) is 11.9. The molecule has 0 saturated carbocycles. The van der Waals surface area contributed by atoms with E-state index in [2.05, 4.69) is 5.32 Å². The number of nitrogens with zero attached hydrogens (tertiary/aromatic N) is 1. The van der Waals surface area contributed by atoms with Gasteiger partial charge in [0.05, 0.1) is 13.0 Å². The van der Waals surface area contributed by atoms with Gasteiger partial charge >= 0.3 is 0 Å². The number of rotatable bonds is 9. The highest BCUT2D eigenvalue weighted by Crippen LogP contribution is 2.21. The van der Waals surface area contributed by atoms with Gasteiger partial charge in [-0.05, 0) is 64.7 Å². The summed E-state index contributed by atoms with van der Waals surface area (Å²) in [6, 6.07) is 28.7. The predicted molar refractivity (Wildman–Crippen MR) is 141 cm³/mol. The first-order valence-electron chi connectivity index (χ1n) is 11.9. The number of carbonyl (C=O) groups is 2. The third-order valence-electron chi connectivity index (χ3n) is 5.73. The van der Waals surface area contributed by atoms with E-state index in [9.17, 15) is 18.4 Å². The van der Waals surface area contributed by atoms with Crippen LogP contribution in [-0.4, -0.2) is 11.8 Å². The molecular formula is C31H26F2N2O2. The van der Waals surface area contributed by atoms with Crippen molar-refractivity contribution in [3.8, 4) is 0 Å². The summed E-state index contributed by atoms with van der Waals surface area (Å²) in [5, 5.41) is 2.83. The van der Waals surface area contributed by atoms with E-state index in [1.165, 1.54) is 30.3 Å². The van der Waals surface area contributed by atoms with E-state index in [1.807, 2.05) is 36.4 Å². The monoisotopic (exact) mass is 496 g/mol. The van der Waals surface area contributed by atoms with Crippen molar-refractivity contribution in [3.63, 3.8) is 0 Å². The summed E-state index contributed by atoms with van der Waals surface area (Å²) >= 11 is 0. The Morgan fingerprint density at radius 3 is 2.05 bits per heavy atom. The summed E-state index contributed by atoms with van der Waals surface area (Å²) in [5.41, 5.74) is 3.81. The predicted octanol–water partition coefficient (Wildman–Crippen LogP) is 6.07. The van der Waals surface area contributed by atoms with E-state index < -0.39 is 0 Å². The number of benzene rings is 4. The van der Waals surface area contributed by atoms with Gasteiger partial charge in [-0.25, -0.2) is 8.78 Å². The first kappa shape index (κ1) is 25.5. The van der Waals surface area contributed by atoms with Gasteiger partial charge in [0.25, 0.3) is 5.91 Å². The molecule has 0 aliphatic rings. The number of amides is 2. The molecule has 0 aromatic heterocycles. The average Bonchev–Trinajstić information content (AvgIpc) is 2.92. The molecule has 37 heavy (non-hydrogen) atoms. The second-order valence-electron chi connectivity index (χ2n) is 8.54. The molecule has 2 amide bonds. The first-order chi connectivity index (χ1) is 18.0. The van der Waals surface area contributed by atoms with Gasteiger partial charge in [0.1, 0.15) is 11.6 Å². The van der Waals surface area contributed by atoms with Gasteiger partial charge in [-0.2, -0.15) is 0 Å². The zero-order valence-corrected chi connectivity index (χ0v) is 20.1. The van der Waals surface area contributed by atoms with Crippen molar-refractivity contribution < 1.29 is 18.4 Å². The lowest BCUT2D eigenvalue weighted by Crippen LogP contribution is -2.29. The second-order valence-corrected chi connectivity index (χ2v) is 8.54. The van der Waals surface area contributed by atoms with Crippen LogP contribution in [0.3, 0.4) is 0 Å². The molecule has 1 N–H and O–H groups in total. The minimum Gasteiger partial charge on any atom is -0.352 e. The van der Waals surface area contributed by atoms with Gasteiger partial charge in [-0.15, -0.1) is 0 Å². The molecule has 0 aliphatic heterocycles. The Morgan fingerprint density at radius 1 is 0.730 bits per heavy atom. The highest BCUT2D eigenvalue weighted by Gasteiger charge is 2.15. The molecule has 4 rings (SSSR count). The zero-order valence-electron chi connectivity index (χ0n) is 20.1. The molecule has 0 radical (unpaired) electrons. The lowest BCUT2D eigenvalue weighted by atomic mass is 10.1. The summed E-state index contributed by atoms with van der Waals surface area (Å²) in [7, 11) is 0. The molecule has 186 valence electrons. The number of carbonyl (C=O) groups excluding carboxylic acids is 2. The SMILES string of the molecule is O=C(Cc1cccc(N(Cc2ccc(F)cc2)C(=O)/C=C/c2ccccc2)c1)NCc1ccc(F)cc1. The van der Waals surface area contributed by atoms with E-state index in [4.69, 9.17) is 0 Å². The fourth-order valence-corrected chi connectivity index (χ4v) is 3.78. The van der Waals surface area contributed by atoms with Crippen LogP contribution in [-0.2, 0) is 29.1 Å². The lowest BCUT2D eigenvalue weighted by Gasteiger charge is -2.22. The third-order valence-corrected chi connectivity index (χ3v) is 5.73. The molecule has 0 saturated heterocycles. The van der Waals surface area contributed by atoms with Crippen LogP contribution in [0.15, 0.2) is 109 Å². The molecule has 0 heterocycles. The fourth-order valence-electron chi connectivity index (χ4n) is 3.78. The molecule has 4 aromatic carbocycles. The van der Waals surface area contributed by atoms with Crippen molar-refractivity contribution in [1.29, 1.82) is 0 Å². The molecule has 0 spiro atoms. The Labute approximate surface area is 214 Å². The van der Waals surface area contributed by atoms with Crippen molar-refractivity contribution in [2.75, 3.05) is 4.90 Å². The van der Waals surface area contributed by atoms with Gasteiger partial charge in [-0.3, -0.25) is 9.59 Å². The molecule has 4 nitrogen and oxygen atoms in total. The van der Waals surface area contributed by atoms with Crippen molar-refractivity contribution in [1.82, 2.24) is 5.32 Å². The molecule has 0 bridgehead atoms. The Balaban J connectivity index is 1.50.